The van der Waals surface area contributed by atoms with E-state index in [4.69, 9.17) is 9.84 Å². The van der Waals surface area contributed by atoms with Crippen molar-refractivity contribution in [3.63, 3.8) is 0 Å². The highest BCUT2D eigenvalue weighted by Gasteiger charge is 2.37. The van der Waals surface area contributed by atoms with Crippen LogP contribution in [0.1, 0.15) is 54.0 Å². The number of pyridine rings is 1. The quantitative estimate of drug-likeness (QED) is 0.600. The van der Waals surface area contributed by atoms with Gasteiger partial charge >= 0.3 is 12.1 Å². The summed E-state index contributed by atoms with van der Waals surface area (Å²) in [4.78, 5) is 16.8. The van der Waals surface area contributed by atoms with E-state index >= 15 is 0 Å². The number of hydrogen-bond acceptors (Lipinski definition) is 4. The SMILES string of the molecule is O=C(O)C1CN(Cc2ccc(OCc3cnc(C4CCCC4)c(C(F)(F)F)c3)cc2F)C1. The molecule has 1 aliphatic heterocycles. The van der Waals surface area contributed by atoms with Crippen LogP contribution in [-0.2, 0) is 24.1 Å². The summed E-state index contributed by atoms with van der Waals surface area (Å²) in [5.74, 6) is -1.75. The van der Waals surface area contributed by atoms with Crippen molar-refractivity contribution in [1.29, 1.82) is 0 Å². The maximum atomic E-state index is 14.4. The van der Waals surface area contributed by atoms with Gasteiger partial charge in [-0.25, -0.2) is 4.39 Å². The number of carboxylic acids is 1. The van der Waals surface area contributed by atoms with Gasteiger partial charge in [0.1, 0.15) is 18.2 Å². The first-order valence-corrected chi connectivity index (χ1v) is 10.6. The first-order chi connectivity index (χ1) is 15.2. The van der Waals surface area contributed by atoms with Crippen LogP contribution in [0.2, 0.25) is 0 Å². The summed E-state index contributed by atoms with van der Waals surface area (Å²) in [6, 6.07) is 5.36. The number of carbonyl (C=O) groups is 1. The Morgan fingerprint density at radius 1 is 1.19 bits per heavy atom. The number of carboxylic acid groups (broad SMARTS) is 1. The predicted octanol–water partition coefficient (Wildman–Crippen LogP) is 4.99. The molecule has 2 aliphatic rings. The van der Waals surface area contributed by atoms with Crippen molar-refractivity contribution in [2.75, 3.05) is 13.1 Å². The molecule has 1 N–H and O–H groups in total. The Hall–Kier alpha value is -2.68. The van der Waals surface area contributed by atoms with Gasteiger partial charge in [0.2, 0.25) is 0 Å². The van der Waals surface area contributed by atoms with E-state index in [2.05, 4.69) is 4.98 Å². The molecule has 172 valence electrons. The molecule has 0 atom stereocenters. The summed E-state index contributed by atoms with van der Waals surface area (Å²) >= 11 is 0. The molecule has 0 bridgehead atoms. The van der Waals surface area contributed by atoms with E-state index in [1.807, 2.05) is 4.90 Å². The molecule has 1 saturated carbocycles. The van der Waals surface area contributed by atoms with E-state index in [9.17, 15) is 22.4 Å². The third-order valence-electron chi connectivity index (χ3n) is 6.15. The number of likely N-dealkylation sites (tertiary alicyclic amines) is 1. The highest BCUT2D eigenvalue weighted by Crippen LogP contribution is 2.40. The lowest BCUT2D eigenvalue weighted by Crippen LogP contribution is -2.49. The van der Waals surface area contributed by atoms with Gasteiger partial charge in [-0.05, 0) is 25.0 Å². The Bertz CT molecular complexity index is 984. The van der Waals surface area contributed by atoms with Gasteiger partial charge < -0.3 is 9.84 Å². The molecule has 32 heavy (non-hydrogen) atoms. The monoisotopic (exact) mass is 452 g/mol. The molecule has 0 spiro atoms. The van der Waals surface area contributed by atoms with Crippen LogP contribution in [0.4, 0.5) is 17.6 Å². The highest BCUT2D eigenvalue weighted by atomic mass is 19.4. The van der Waals surface area contributed by atoms with E-state index in [0.29, 0.717) is 31.5 Å². The van der Waals surface area contributed by atoms with Gasteiger partial charge in [-0.1, -0.05) is 18.9 Å². The fourth-order valence-electron chi connectivity index (χ4n) is 4.36. The third kappa shape index (κ3) is 5.03. The van der Waals surface area contributed by atoms with Crippen LogP contribution in [0.3, 0.4) is 0 Å². The zero-order chi connectivity index (χ0) is 22.9. The van der Waals surface area contributed by atoms with Crippen molar-refractivity contribution >= 4 is 5.97 Å². The van der Waals surface area contributed by atoms with E-state index in [-0.39, 0.29) is 36.1 Å². The zero-order valence-electron chi connectivity index (χ0n) is 17.4. The van der Waals surface area contributed by atoms with Gasteiger partial charge in [-0.15, -0.1) is 0 Å². The summed E-state index contributed by atoms with van der Waals surface area (Å²) < 4.78 is 60.7. The number of rotatable bonds is 7. The summed E-state index contributed by atoms with van der Waals surface area (Å²) in [6.45, 7) is 0.875. The highest BCUT2D eigenvalue weighted by molar-refractivity contribution is 5.71. The van der Waals surface area contributed by atoms with E-state index in [1.54, 1.807) is 12.1 Å². The molecular formula is C23H24F4N2O3. The predicted molar refractivity (Wildman–Crippen MR) is 108 cm³/mol. The lowest BCUT2D eigenvalue weighted by molar-refractivity contribution is -0.147. The van der Waals surface area contributed by atoms with Crippen molar-refractivity contribution in [2.45, 2.75) is 50.9 Å². The number of ether oxygens (including phenoxy) is 1. The van der Waals surface area contributed by atoms with Crippen LogP contribution in [0.15, 0.2) is 30.5 Å². The maximum Gasteiger partial charge on any atom is 0.418 e. The smallest absolute Gasteiger partial charge is 0.418 e. The minimum atomic E-state index is -4.49. The van der Waals surface area contributed by atoms with Gasteiger partial charge in [0.25, 0.3) is 0 Å². The van der Waals surface area contributed by atoms with Crippen molar-refractivity contribution in [3.05, 3.63) is 58.7 Å². The van der Waals surface area contributed by atoms with Crippen LogP contribution in [0.25, 0.3) is 0 Å². The first-order valence-electron chi connectivity index (χ1n) is 10.6. The normalized spacial score (nSPS) is 18.0. The topological polar surface area (TPSA) is 62.7 Å². The summed E-state index contributed by atoms with van der Waals surface area (Å²) in [7, 11) is 0. The second kappa shape index (κ2) is 9.05. The fraction of sp³-hybridized carbons (Fsp3) is 0.478. The number of hydrogen-bond donors (Lipinski definition) is 1. The molecule has 0 unspecified atom stereocenters. The maximum absolute atomic E-state index is 14.4. The lowest BCUT2D eigenvalue weighted by Gasteiger charge is -2.36. The standard InChI is InChI=1S/C23H24F4N2O3/c24-20-8-18(6-5-16(20)10-29-11-17(12-29)22(30)31)32-13-14-7-19(23(25,26)27)21(28-9-14)15-3-1-2-4-15/h5-9,15,17H,1-4,10-13H2,(H,30,31). The van der Waals surface area contributed by atoms with Crippen LogP contribution >= 0.6 is 0 Å². The van der Waals surface area contributed by atoms with Gasteiger partial charge in [-0.3, -0.25) is 14.7 Å². The van der Waals surface area contributed by atoms with Crippen molar-refractivity contribution in [1.82, 2.24) is 9.88 Å². The fourth-order valence-corrected chi connectivity index (χ4v) is 4.36. The van der Waals surface area contributed by atoms with Crippen molar-refractivity contribution < 1.29 is 32.2 Å². The Morgan fingerprint density at radius 3 is 2.53 bits per heavy atom. The third-order valence-corrected chi connectivity index (χ3v) is 6.15. The Labute approximate surface area is 183 Å². The van der Waals surface area contributed by atoms with Crippen LogP contribution in [-0.4, -0.2) is 34.0 Å². The summed E-state index contributed by atoms with van der Waals surface area (Å²) in [5, 5.41) is 8.91. The Morgan fingerprint density at radius 2 is 1.91 bits per heavy atom. The second-order valence-electron chi connectivity index (χ2n) is 8.53. The Balaban J connectivity index is 1.40. The lowest BCUT2D eigenvalue weighted by atomic mass is 9.97. The number of benzene rings is 1. The number of alkyl halides is 3. The zero-order valence-corrected chi connectivity index (χ0v) is 17.4. The molecule has 1 saturated heterocycles. The van der Waals surface area contributed by atoms with E-state index < -0.39 is 29.4 Å². The second-order valence-corrected chi connectivity index (χ2v) is 8.53. The number of aromatic nitrogens is 1. The molecule has 2 heterocycles. The molecule has 1 aliphatic carbocycles. The number of nitrogens with zero attached hydrogens (tertiary/aromatic N) is 2. The average molecular weight is 452 g/mol. The molecule has 1 aromatic heterocycles. The van der Waals surface area contributed by atoms with Gasteiger partial charge in [0.05, 0.1) is 17.2 Å². The molecule has 2 fully saturated rings. The van der Waals surface area contributed by atoms with Crippen LogP contribution in [0.5, 0.6) is 5.75 Å². The van der Waals surface area contributed by atoms with Crippen LogP contribution in [0, 0.1) is 11.7 Å². The van der Waals surface area contributed by atoms with Gasteiger partial charge in [0.15, 0.2) is 0 Å². The van der Waals surface area contributed by atoms with E-state index in [0.717, 1.165) is 18.9 Å². The number of halogens is 4. The van der Waals surface area contributed by atoms with Crippen molar-refractivity contribution in [2.24, 2.45) is 5.92 Å². The minimum absolute atomic E-state index is 0.102. The molecule has 0 radical (unpaired) electrons. The summed E-state index contributed by atoms with van der Waals surface area (Å²) in [5.41, 5.74) is 0.0542. The molecule has 9 heteroatoms. The summed E-state index contributed by atoms with van der Waals surface area (Å²) in [6.07, 6.45) is 0.154. The van der Waals surface area contributed by atoms with Gasteiger partial charge in [0, 0.05) is 48.9 Å². The first kappa shape index (κ1) is 22.5. The molecule has 4 rings (SSSR count). The van der Waals surface area contributed by atoms with Crippen LogP contribution < -0.4 is 4.74 Å². The molecule has 5 nitrogen and oxygen atoms in total. The van der Waals surface area contributed by atoms with E-state index in [1.165, 1.54) is 12.3 Å². The minimum Gasteiger partial charge on any atom is -0.489 e. The number of aliphatic carboxylic acids is 1. The molecule has 2 aromatic rings. The Kier molecular flexibility index (Phi) is 6.37. The van der Waals surface area contributed by atoms with Crippen molar-refractivity contribution in [3.8, 4) is 5.75 Å². The largest absolute Gasteiger partial charge is 0.489 e. The molecular weight excluding hydrogens is 428 g/mol. The molecule has 0 amide bonds. The molecule has 1 aromatic carbocycles. The average Bonchev–Trinajstić information content (AvgIpc) is 3.23. The van der Waals surface area contributed by atoms with Gasteiger partial charge in [-0.2, -0.15) is 13.2 Å².